The van der Waals surface area contributed by atoms with Crippen LogP contribution < -0.4 is 0 Å². The average molecular weight is 539 g/mol. The lowest BCUT2D eigenvalue weighted by Crippen LogP contribution is -2.00. The molecule has 2 heterocycles. The molecule has 0 atom stereocenters. The molecule has 9 rings (SSSR count). The lowest BCUT2D eigenvalue weighted by molar-refractivity contribution is 1.29. The van der Waals surface area contributed by atoms with Gasteiger partial charge in [-0.05, 0) is 56.6 Å². The maximum Gasteiger partial charge on any atom is 0.0971 e. The van der Waals surface area contributed by atoms with Gasteiger partial charge in [-0.1, -0.05) is 109 Å². The second-order valence-electron chi connectivity index (χ2n) is 10.5. The third-order valence-corrected chi connectivity index (χ3v) is 9.59. The Kier molecular flexibility index (Phi) is 4.80. The van der Waals surface area contributed by atoms with Gasteiger partial charge in [-0.2, -0.15) is 0 Å². The van der Waals surface area contributed by atoms with E-state index in [1.807, 2.05) is 17.5 Å². The van der Waals surface area contributed by atoms with E-state index in [9.17, 15) is 0 Å². The summed E-state index contributed by atoms with van der Waals surface area (Å²) < 4.78 is 2.63. The van der Waals surface area contributed by atoms with Crippen molar-refractivity contribution in [1.29, 1.82) is 0 Å². The molecule has 190 valence electrons. The number of hydrogen-bond acceptors (Lipinski definition) is 3. The predicted molar refractivity (Wildman–Crippen MR) is 173 cm³/mol. The molecule has 0 bridgehead atoms. The maximum absolute atomic E-state index is 4.92. The molecule has 2 nitrogen and oxygen atoms in total. The van der Waals surface area contributed by atoms with E-state index >= 15 is 0 Å². The third kappa shape index (κ3) is 3.24. The van der Waals surface area contributed by atoms with Crippen LogP contribution >= 0.6 is 11.3 Å². The molecule has 0 unspecified atom stereocenters. The first-order valence-electron chi connectivity index (χ1n) is 13.8. The van der Waals surface area contributed by atoms with E-state index in [1.54, 1.807) is 6.20 Å². The summed E-state index contributed by atoms with van der Waals surface area (Å²) in [5.41, 5.74) is 14.0. The molecule has 2 aromatic heterocycles. The van der Waals surface area contributed by atoms with Crippen molar-refractivity contribution >= 4 is 42.5 Å². The van der Waals surface area contributed by atoms with Crippen molar-refractivity contribution in [3.8, 4) is 55.6 Å². The normalized spacial score (nSPS) is 11.9. The topological polar surface area (TPSA) is 25.8 Å². The predicted octanol–water partition coefficient (Wildman–Crippen LogP) is 10.6. The number of benzene rings is 6. The minimum Gasteiger partial charge on any atom is -0.253 e. The summed E-state index contributed by atoms with van der Waals surface area (Å²) in [5.74, 6) is 0. The smallest absolute Gasteiger partial charge is 0.0971 e. The number of nitrogens with zero attached hydrogens (tertiary/aromatic N) is 2. The minimum atomic E-state index is 0.903. The zero-order valence-corrected chi connectivity index (χ0v) is 22.8. The summed E-state index contributed by atoms with van der Waals surface area (Å²) in [6.07, 6.45) is 3.59. The summed E-state index contributed by atoms with van der Waals surface area (Å²) in [4.78, 5) is 9.62. The number of fused-ring (bicyclic) bond motifs is 13. The summed E-state index contributed by atoms with van der Waals surface area (Å²) >= 11 is 1.88. The summed E-state index contributed by atoms with van der Waals surface area (Å²) in [6.45, 7) is 0. The van der Waals surface area contributed by atoms with Crippen molar-refractivity contribution in [2.75, 3.05) is 0 Å². The van der Waals surface area contributed by atoms with E-state index in [0.29, 0.717) is 0 Å². The molecule has 0 saturated heterocycles. The van der Waals surface area contributed by atoms with Crippen molar-refractivity contribution in [3.63, 3.8) is 0 Å². The molecule has 1 aliphatic carbocycles. The van der Waals surface area contributed by atoms with E-state index in [1.165, 1.54) is 70.2 Å². The van der Waals surface area contributed by atoms with Crippen LogP contribution in [-0.4, -0.2) is 9.97 Å². The van der Waals surface area contributed by atoms with Gasteiger partial charge in [0, 0.05) is 43.7 Å². The number of thiophene rings is 1. The van der Waals surface area contributed by atoms with Crippen molar-refractivity contribution in [3.05, 3.63) is 134 Å². The largest absolute Gasteiger partial charge is 0.253 e. The second-order valence-corrected chi connectivity index (χ2v) is 11.6. The van der Waals surface area contributed by atoms with E-state index in [0.717, 1.165) is 16.6 Å². The highest BCUT2D eigenvalue weighted by Crippen LogP contribution is 2.53. The molecule has 41 heavy (non-hydrogen) atoms. The highest BCUT2D eigenvalue weighted by atomic mass is 32.1. The molecule has 3 heteroatoms. The van der Waals surface area contributed by atoms with Gasteiger partial charge in [-0.3, -0.25) is 9.97 Å². The molecule has 0 aliphatic heterocycles. The summed E-state index contributed by atoms with van der Waals surface area (Å²) in [7, 11) is 0. The molecule has 1 aliphatic rings. The Labute approximate surface area is 241 Å². The summed E-state index contributed by atoms with van der Waals surface area (Å²) in [6, 6.07) is 44.2. The lowest BCUT2D eigenvalue weighted by Gasteiger charge is -2.25. The van der Waals surface area contributed by atoms with Crippen molar-refractivity contribution in [2.45, 2.75) is 0 Å². The first-order valence-corrected chi connectivity index (χ1v) is 14.7. The SMILES string of the molecule is c1ccc2c(c1)-c1ccccc1-c1c(ccc3nccnc13)-c1c-2cccc1-c1cccc2c1sc1ccccc12. The van der Waals surface area contributed by atoms with E-state index < -0.39 is 0 Å². The molecule has 8 aromatic rings. The maximum atomic E-state index is 4.92. The van der Waals surface area contributed by atoms with Crippen molar-refractivity contribution < 1.29 is 0 Å². The van der Waals surface area contributed by atoms with Crippen LogP contribution in [0.4, 0.5) is 0 Å². The zero-order valence-electron chi connectivity index (χ0n) is 22.0. The van der Waals surface area contributed by atoms with Crippen LogP contribution in [0.5, 0.6) is 0 Å². The molecular formula is C38H22N2S. The second kappa shape index (κ2) is 8.69. The van der Waals surface area contributed by atoms with Crippen LogP contribution in [0.1, 0.15) is 0 Å². The number of hydrogen-bond donors (Lipinski definition) is 0. The molecule has 0 saturated carbocycles. The Morgan fingerprint density at radius 1 is 0.390 bits per heavy atom. The molecule has 0 N–H and O–H groups in total. The van der Waals surface area contributed by atoms with E-state index in [4.69, 9.17) is 9.97 Å². The Balaban J connectivity index is 1.49. The quantitative estimate of drug-likeness (QED) is 0.208. The van der Waals surface area contributed by atoms with Gasteiger partial charge in [0.2, 0.25) is 0 Å². The zero-order chi connectivity index (χ0) is 26.9. The van der Waals surface area contributed by atoms with E-state index in [2.05, 4.69) is 121 Å². The monoisotopic (exact) mass is 538 g/mol. The molecule has 0 spiro atoms. The number of rotatable bonds is 1. The van der Waals surface area contributed by atoms with Gasteiger partial charge in [-0.25, -0.2) is 0 Å². The average Bonchev–Trinajstić information content (AvgIpc) is 3.42. The Bertz CT molecular complexity index is 2330. The fourth-order valence-corrected chi connectivity index (χ4v) is 7.89. The van der Waals surface area contributed by atoms with E-state index in [-0.39, 0.29) is 0 Å². The van der Waals surface area contributed by atoms with Crippen LogP contribution in [0, 0.1) is 0 Å². The Hall–Kier alpha value is -5.12. The molecule has 6 aromatic carbocycles. The first kappa shape index (κ1) is 22.7. The lowest BCUT2D eigenvalue weighted by atomic mass is 9.78. The summed E-state index contributed by atoms with van der Waals surface area (Å²) in [5, 5.41) is 2.62. The van der Waals surface area contributed by atoms with Crippen molar-refractivity contribution in [2.24, 2.45) is 0 Å². The fraction of sp³-hybridized carbons (Fsp3) is 0. The first-order chi connectivity index (χ1) is 20.4. The minimum absolute atomic E-state index is 0.903. The van der Waals surface area contributed by atoms with Crippen LogP contribution in [0.25, 0.3) is 86.8 Å². The fourth-order valence-electron chi connectivity index (χ4n) is 6.66. The number of aromatic nitrogens is 2. The van der Waals surface area contributed by atoms with Crippen LogP contribution in [0.2, 0.25) is 0 Å². The van der Waals surface area contributed by atoms with Gasteiger partial charge in [0.05, 0.1) is 11.0 Å². The van der Waals surface area contributed by atoms with Crippen LogP contribution in [0.15, 0.2) is 134 Å². The van der Waals surface area contributed by atoms with Crippen molar-refractivity contribution in [1.82, 2.24) is 9.97 Å². The highest BCUT2D eigenvalue weighted by molar-refractivity contribution is 7.26. The molecule has 0 radical (unpaired) electrons. The van der Waals surface area contributed by atoms with Gasteiger partial charge in [-0.15, -0.1) is 11.3 Å². The third-order valence-electron chi connectivity index (χ3n) is 8.37. The standard InChI is InChI=1S/C38H22N2S/c1-2-10-24-23(9-1)25-11-3-4-13-28(25)36-32(19-20-33-37(36)40-22-21-39-33)35-27(24)14-7-15-29(35)31-17-8-16-30-26-12-5-6-18-34(26)41-38(30)31/h1-22H. The van der Waals surface area contributed by atoms with Crippen LogP contribution in [0.3, 0.4) is 0 Å². The van der Waals surface area contributed by atoms with Crippen LogP contribution in [-0.2, 0) is 0 Å². The van der Waals surface area contributed by atoms with Gasteiger partial charge >= 0.3 is 0 Å². The van der Waals surface area contributed by atoms with Gasteiger partial charge in [0.25, 0.3) is 0 Å². The Morgan fingerprint density at radius 3 is 1.83 bits per heavy atom. The highest BCUT2D eigenvalue weighted by Gasteiger charge is 2.26. The molecule has 0 amide bonds. The molecule has 0 fully saturated rings. The van der Waals surface area contributed by atoms with Gasteiger partial charge < -0.3 is 0 Å². The Morgan fingerprint density at radius 2 is 0.976 bits per heavy atom. The van der Waals surface area contributed by atoms with Gasteiger partial charge in [0.1, 0.15) is 0 Å². The molecular weight excluding hydrogens is 516 g/mol. The van der Waals surface area contributed by atoms with Gasteiger partial charge in [0.15, 0.2) is 0 Å².